The molecular weight excluding hydrogens is 566 g/mol. The van der Waals surface area contributed by atoms with Crippen LogP contribution in [-0.4, -0.2) is 20.0 Å². The Morgan fingerprint density at radius 1 is 0.773 bits per heavy atom. The first-order chi connectivity index (χ1) is 21.3. The molecule has 0 unspecified atom stereocenters. The van der Waals surface area contributed by atoms with E-state index >= 15 is 13.2 Å². The topological polar surface area (TPSA) is 70.1 Å². The van der Waals surface area contributed by atoms with E-state index in [1.54, 1.807) is 30.3 Å². The monoisotopic (exact) mass is 597 g/mol. The second-order valence-corrected chi connectivity index (χ2v) is 13.2. The molecule has 7 heteroatoms. The molecular formula is C37H31N3O3S. The summed E-state index contributed by atoms with van der Waals surface area (Å²) >= 11 is 0. The number of nitrogens with zero attached hydrogens (tertiary/aromatic N) is 3. The minimum Gasteiger partial charge on any atom is -0.271 e. The van der Waals surface area contributed by atoms with Crippen molar-refractivity contribution < 1.29 is 13.2 Å². The van der Waals surface area contributed by atoms with Gasteiger partial charge in [0, 0.05) is 5.92 Å². The second kappa shape index (κ2) is 10.3. The highest BCUT2D eigenvalue weighted by Gasteiger charge is 2.65. The quantitative estimate of drug-likeness (QED) is 0.194. The molecule has 0 bridgehead atoms. The fourth-order valence-electron chi connectivity index (χ4n) is 6.98. The molecule has 0 aliphatic carbocycles. The molecule has 0 aromatic heterocycles. The number of rotatable bonds is 5. The Labute approximate surface area is 257 Å². The van der Waals surface area contributed by atoms with Gasteiger partial charge >= 0.3 is 0 Å². The summed E-state index contributed by atoms with van der Waals surface area (Å²) in [5.74, 6) is -0.875. The molecule has 7 rings (SSSR count). The number of para-hydroxylation sites is 2. The number of sulfonamides is 1. The molecule has 6 nitrogen and oxygen atoms in total. The smallest absolute Gasteiger partial charge is 0.264 e. The van der Waals surface area contributed by atoms with Crippen molar-refractivity contribution in [2.24, 2.45) is 10.5 Å². The summed E-state index contributed by atoms with van der Waals surface area (Å²) < 4.78 is 31.5. The Morgan fingerprint density at radius 2 is 1.41 bits per heavy atom. The third-order valence-corrected chi connectivity index (χ3v) is 10.8. The number of hydrogen-bond donors (Lipinski definition) is 0. The number of benzene rings is 5. The summed E-state index contributed by atoms with van der Waals surface area (Å²) in [5, 5.41) is 8.11. The number of amides is 1. The Balaban J connectivity index is 1.61. The molecule has 1 spiro atoms. The van der Waals surface area contributed by atoms with Crippen molar-refractivity contribution in [1.82, 2.24) is 0 Å². The maximum Gasteiger partial charge on any atom is 0.264 e. The highest BCUT2D eigenvalue weighted by Crippen LogP contribution is 2.62. The number of allylic oxidation sites excluding steroid dienone is 1. The third kappa shape index (κ3) is 3.89. The van der Waals surface area contributed by atoms with E-state index in [4.69, 9.17) is 5.10 Å². The van der Waals surface area contributed by atoms with Crippen LogP contribution in [0.15, 0.2) is 144 Å². The van der Waals surface area contributed by atoms with Crippen LogP contribution in [0, 0.1) is 12.3 Å². The average molecular weight is 598 g/mol. The number of carbonyl (C=O) groups is 1. The van der Waals surface area contributed by atoms with Crippen LogP contribution in [-0.2, 0) is 14.8 Å². The molecule has 0 saturated carbocycles. The lowest BCUT2D eigenvalue weighted by Gasteiger charge is -2.51. The van der Waals surface area contributed by atoms with E-state index in [0.717, 1.165) is 21.9 Å². The van der Waals surface area contributed by atoms with Crippen molar-refractivity contribution in [3.8, 4) is 0 Å². The number of fused-ring (bicyclic) bond motifs is 2. The van der Waals surface area contributed by atoms with Gasteiger partial charge in [0.2, 0.25) is 0 Å². The summed E-state index contributed by atoms with van der Waals surface area (Å²) in [7, 11) is -4.21. The third-order valence-electron chi connectivity index (χ3n) is 8.99. The fourth-order valence-corrected chi connectivity index (χ4v) is 8.67. The van der Waals surface area contributed by atoms with Crippen molar-refractivity contribution in [3.05, 3.63) is 151 Å². The van der Waals surface area contributed by atoms with Crippen LogP contribution >= 0.6 is 0 Å². The molecule has 1 amide bonds. The van der Waals surface area contributed by atoms with Crippen molar-refractivity contribution >= 4 is 43.8 Å². The fraction of sp³-hybridized carbons (Fsp3) is 0.135. The van der Waals surface area contributed by atoms with E-state index in [9.17, 15) is 0 Å². The molecule has 218 valence electrons. The van der Waals surface area contributed by atoms with Gasteiger partial charge in [-0.15, -0.1) is 6.58 Å². The van der Waals surface area contributed by atoms with E-state index in [-0.39, 0.29) is 10.8 Å². The van der Waals surface area contributed by atoms with E-state index in [0.29, 0.717) is 22.6 Å². The number of aryl methyl sites for hydroxylation is 1. The van der Waals surface area contributed by atoms with E-state index in [1.807, 2.05) is 111 Å². The summed E-state index contributed by atoms with van der Waals surface area (Å²) in [4.78, 5) is 15.3. The van der Waals surface area contributed by atoms with Gasteiger partial charge in [-0.25, -0.2) is 8.42 Å². The minimum absolute atomic E-state index is 0.148. The Morgan fingerprint density at radius 3 is 2.16 bits per heavy atom. The molecule has 44 heavy (non-hydrogen) atoms. The first-order valence-electron chi connectivity index (χ1n) is 14.6. The van der Waals surface area contributed by atoms with Crippen LogP contribution in [0.3, 0.4) is 0 Å². The predicted molar refractivity (Wildman–Crippen MR) is 176 cm³/mol. The minimum atomic E-state index is -4.21. The normalized spacial score (nSPS) is 21.4. The summed E-state index contributed by atoms with van der Waals surface area (Å²) in [6.45, 7) is 7.98. The largest absolute Gasteiger partial charge is 0.271 e. The standard InChI is InChI=1S/C37H31N3O3S/c1-4-33-32-18-10-11-20-34(32)40(44(42,43)29-23-21-25(2)22-24-29)35(31-19-12-14-27-13-8-9-17-30(27)31)37(33)26(3)38-39(36(37)41)28-15-6-5-7-16-28/h4-24,33,35H,1H2,2-3H3/t33-,35-,37+/m0/s1. The van der Waals surface area contributed by atoms with Gasteiger partial charge in [-0.2, -0.15) is 10.1 Å². The molecule has 0 N–H and O–H groups in total. The number of hydrazone groups is 1. The number of carbonyl (C=O) groups excluding carboxylic acids is 1. The highest BCUT2D eigenvalue weighted by atomic mass is 32.2. The maximum absolute atomic E-state index is 15.2. The molecule has 2 aliphatic rings. The zero-order chi connectivity index (χ0) is 30.6. The Hall–Kier alpha value is -5.01. The lowest BCUT2D eigenvalue weighted by atomic mass is 9.60. The van der Waals surface area contributed by atoms with Crippen LogP contribution in [0.5, 0.6) is 0 Å². The summed E-state index contributed by atoms with van der Waals surface area (Å²) in [6.07, 6.45) is 1.78. The first kappa shape index (κ1) is 27.8. The molecule has 3 atom stereocenters. The van der Waals surface area contributed by atoms with E-state index in [2.05, 4.69) is 6.58 Å². The van der Waals surface area contributed by atoms with Crippen LogP contribution in [0.4, 0.5) is 11.4 Å². The van der Waals surface area contributed by atoms with Gasteiger partial charge in [-0.05, 0) is 66.1 Å². The summed E-state index contributed by atoms with van der Waals surface area (Å²) in [5.41, 5.74) is 2.58. The van der Waals surface area contributed by atoms with Crippen LogP contribution in [0.25, 0.3) is 10.8 Å². The Bertz CT molecular complexity index is 2070. The number of hydrogen-bond acceptors (Lipinski definition) is 4. The van der Waals surface area contributed by atoms with Gasteiger partial charge in [0.15, 0.2) is 0 Å². The summed E-state index contributed by atoms with van der Waals surface area (Å²) in [6, 6.07) is 36.3. The van der Waals surface area contributed by atoms with Crippen molar-refractivity contribution in [1.29, 1.82) is 0 Å². The van der Waals surface area contributed by atoms with Gasteiger partial charge in [0.1, 0.15) is 5.41 Å². The molecule has 2 aliphatic heterocycles. The van der Waals surface area contributed by atoms with E-state index in [1.165, 1.54) is 9.31 Å². The predicted octanol–water partition coefficient (Wildman–Crippen LogP) is 7.78. The van der Waals surface area contributed by atoms with Crippen LogP contribution < -0.4 is 9.31 Å². The van der Waals surface area contributed by atoms with Gasteiger partial charge in [-0.1, -0.05) is 103 Å². The maximum atomic E-state index is 15.2. The second-order valence-electron chi connectivity index (χ2n) is 11.4. The first-order valence-corrected chi connectivity index (χ1v) is 16.0. The zero-order valence-corrected chi connectivity index (χ0v) is 25.3. The van der Waals surface area contributed by atoms with E-state index < -0.39 is 27.4 Å². The number of anilines is 2. The molecule has 0 radical (unpaired) electrons. The van der Waals surface area contributed by atoms with Crippen molar-refractivity contribution in [2.75, 3.05) is 9.31 Å². The van der Waals surface area contributed by atoms with Gasteiger partial charge < -0.3 is 0 Å². The lowest BCUT2D eigenvalue weighted by Crippen LogP contribution is -2.57. The molecule has 2 heterocycles. The van der Waals surface area contributed by atoms with Crippen LogP contribution in [0.2, 0.25) is 0 Å². The SMILES string of the molecule is C=C[C@H]1c2ccccc2N(S(=O)(=O)c2ccc(C)cc2)[C@@H](c2cccc3ccccc23)[C@]12C(=O)N(c1ccccc1)N=C2C. The highest BCUT2D eigenvalue weighted by molar-refractivity contribution is 7.92. The van der Waals surface area contributed by atoms with Gasteiger partial charge in [0.05, 0.1) is 28.0 Å². The van der Waals surface area contributed by atoms with Crippen LogP contribution in [0.1, 0.15) is 35.6 Å². The molecule has 0 saturated heterocycles. The molecule has 5 aromatic rings. The zero-order valence-electron chi connectivity index (χ0n) is 24.5. The van der Waals surface area contributed by atoms with Gasteiger partial charge in [-0.3, -0.25) is 9.10 Å². The Kier molecular flexibility index (Phi) is 6.52. The average Bonchev–Trinajstić information content (AvgIpc) is 3.30. The van der Waals surface area contributed by atoms with Crippen molar-refractivity contribution in [2.45, 2.75) is 30.7 Å². The van der Waals surface area contributed by atoms with Gasteiger partial charge in [0.25, 0.3) is 15.9 Å². The molecule has 0 fully saturated rings. The molecule has 5 aromatic carbocycles. The van der Waals surface area contributed by atoms with Crippen molar-refractivity contribution in [3.63, 3.8) is 0 Å². The lowest BCUT2D eigenvalue weighted by molar-refractivity contribution is -0.125.